The van der Waals surface area contributed by atoms with Crippen LogP contribution in [0, 0.1) is 5.92 Å². The van der Waals surface area contributed by atoms with Gasteiger partial charge in [0.25, 0.3) is 10.0 Å². The molecule has 1 amide bonds. The second-order valence-corrected chi connectivity index (χ2v) is 9.44. The van der Waals surface area contributed by atoms with E-state index < -0.39 is 10.0 Å². The molecule has 6 nitrogen and oxygen atoms in total. The van der Waals surface area contributed by atoms with E-state index in [1.165, 1.54) is 25.7 Å². The molecular formula is C20H27N3O3S. The van der Waals surface area contributed by atoms with Gasteiger partial charge < -0.3 is 10.2 Å². The van der Waals surface area contributed by atoms with E-state index in [-0.39, 0.29) is 16.7 Å². The SMILES string of the molecule is O=C(NC1CCCCCC1)[C@@H]1CCCN(C2=NS(=O)(=O)c3ccccc32)C1. The molecule has 27 heavy (non-hydrogen) atoms. The highest BCUT2D eigenvalue weighted by molar-refractivity contribution is 7.90. The number of amidine groups is 1. The average Bonchev–Trinajstić information content (AvgIpc) is 2.82. The number of rotatable bonds is 2. The van der Waals surface area contributed by atoms with Crippen molar-refractivity contribution in [1.29, 1.82) is 0 Å². The second-order valence-electron chi connectivity index (χ2n) is 7.87. The third kappa shape index (κ3) is 3.88. The molecule has 7 heteroatoms. The molecule has 0 aromatic heterocycles. The Bertz CT molecular complexity index is 842. The van der Waals surface area contributed by atoms with Crippen LogP contribution in [0.2, 0.25) is 0 Å². The first-order valence-corrected chi connectivity index (χ1v) is 11.5. The lowest BCUT2D eigenvalue weighted by Gasteiger charge is -2.34. The average molecular weight is 390 g/mol. The van der Waals surface area contributed by atoms with Crippen LogP contribution in [0.5, 0.6) is 0 Å². The lowest BCUT2D eigenvalue weighted by atomic mass is 9.95. The van der Waals surface area contributed by atoms with E-state index in [1.807, 2.05) is 11.0 Å². The van der Waals surface area contributed by atoms with Gasteiger partial charge in [0.1, 0.15) is 4.90 Å². The van der Waals surface area contributed by atoms with Crippen molar-refractivity contribution in [3.8, 4) is 0 Å². The van der Waals surface area contributed by atoms with Crippen molar-refractivity contribution in [2.45, 2.75) is 62.3 Å². The Morgan fingerprint density at radius 3 is 2.56 bits per heavy atom. The Kier molecular flexibility index (Phi) is 5.21. The van der Waals surface area contributed by atoms with Crippen LogP contribution in [-0.4, -0.2) is 44.2 Å². The third-order valence-corrected chi connectivity index (χ3v) is 7.23. The molecule has 4 rings (SSSR count). The van der Waals surface area contributed by atoms with Crippen LogP contribution in [0.4, 0.5) is 0 Å². The Hall–Kier alpha value is -1.89. The number of benzene rings is 1. The number of nitrogens with one attached hydrogen (secondary N) is 1. The summed E-state index contributed by atoms with van der Waals surface area (Å²) in [6.07, 6.45) is 8.75. The van der Waals surface area contributed by atoms with Crippen LogP contribution in [0.25, 0.3) is 0 Å². The zero-order valence-electron chi connectivity index (χ0n) is 15.6. The van der Waals surface area contributed by atoms with Gasteiger partial charge in [-0.05, 0) is 37.8 Å². The quantitative estimate of drug-likeness (QED) is 0.789. The number of piperidine rings is 1. The molecule has 0 bridgehead atoms. The van der Waals surface area contributed by atoms with Crippen molar-refractivity contribution in [2.24, 2.45) is 10.3 Å². The molecule has 1 atom stereocenters. The van der Waals surface area contributed by atoms with Gasteiger partial charge in [-0.25, -0.2) is 0 Å². The molecule has 2 fully saturated rings. The summed E-state index contributed by atoms with van der Waals surface area (Å²) in [5.41, 5.74) is 0.655. The zero-order chi connectivity index (χ0) is 18.9. The van der Waals surface area contributed by atoms with Crippen molar-refractivity contribution in [2.75, 3.05) is 13.1 Å². The Morgan fingerprint density at radius 2 is 1.78 bits per heavy atom. The molecule has 1 aliphatic carbocycles. The summed E-state index contributed by atoms with van der Waals surface area (Å²) >= 11 is 0. The molecule has 1 N–H and O–H groups in total. The maximum atomic E-state index is 12.8. The summed E-state index contributed by atoms with van der Waals surface area (Å²) in [5.74, 6) is 0.499. The van der Waals surface area contributed by atoms with E-state index in [2.05, 4.69) is 9.71 Å². The number of hydrogen-bond acceptors (Lipinski definition) is 4. The fourth-order valence-corrected chi connectivity index (χ4v) is 5.67. The predicted molar refractivity (Wildman–Crippen MR) is 104 cm³/mol. The van der Waals surface area contributed by atoms with Crippen molar-refractivity contribution in [1.82, 2.24) is 10.2 Å². The number of sulfonamides is 1. The first-order valence-electron chi connectivity index (χ1n) is 10.0. The van der Waals surface area contributed by atoms with E-state index in [9.17, 15) is 13.2 Å². The molecule has 1 aromatic rings. The van der Waals surface area contributed by atoms with Gasteiger partial charge in [-0.15, -0.1) is 4.40 Å². The van der Waals surface area contributed by atoms with Crippen LogP contribution in [0.3, 0.4) is 0 Å². The molecule has 1 saturated heterocycles. The maximum absolute atomic E-state index is 12.8. The van der Waals surface area contributed by atoms with E-state index >= 15 is 0 Å². The van der Waals surface area contributed by atoms with Gasteiger partial charge in [0.15, 0.2) is 5.84 Å². The fraction of sp³-hybridized carbons (Fsp3) is 0.600. The van der Waals surface area contributed by atoms with Crippen molar-refractivity contribution >= 4 is 21.8 Å². The predicted octanol–water partition coefficient (Wildman–Crippen LogP) is 2.69. The molecule has 1 aromatic carbocycles. The minimum Gasteiger partial charge on any atom is -0.355 e. The lowest BCUT2D eigenvalue weighted by Crippen LogP contribution is -2.47. The van der Waals surface area contributed by atoms with Crippen LogP contribution < -0.4 is 5.32 Å². The van der Waals surface area contributed by atoms with Gasteiger partial charge in [0, 0.05) is 24.7 Å². The van der Waals surface area contributed by atoms with Crippen molar-refractivity contribution in [3.63, 3.8) is 0 Å². The second kappa shape index (κ2) is 7.62. The molecule has 2 aliphatic heterocycles. The molecule has 1 saturated carbocycles. The fourth-order valence-electron chi connectivity index (χ4n) is 4.44. The van der Waals surface area contributed by atoms with Crippen molar-refractivity contribution < 1.29 is 13.2 Å². The number of likely N-dealkylation sites (tertiary alicyclic amines) is 1. The van der Waals surface area contributed by atoms with Crippen LogP contribution in [0.1, 0.15) is 56.9 Å². The molecule has 146 valence electrons. The van der Waals surface area contributed by atoms with E-state index in [0.717, 1.165) is 32.2 Å². The van der Waals surface area contributed by atoms with Crippen LogP contribution in [-0.2, 0) is 14.8 Å². The smallest absolute Gasteiger partial charge is 0.285 e. The van der Waals surface area contributed by atoms with Gasteiger partial charge in [-0.1, -0.05) is 37.8 Å². The minimum atomic E-state index is -3.62. The normalized spacial score (nSPS) is 25.4. The summed E-state index contributed by atoms with van der Waals surface area (Å²) in [4.78, 5) is 15.1. The third-order valence-electron chi connectivity index (χ3n) is 5.91. The molecular weight excluding hydrogens is 362 g/mol. The van der Waals surface area contributed by atoms with Crippen LogP contribution >= 0.6 is 0 Å². The number of carbonyl (C=O) groups excluding carboxylic acids is 1. The Labute approximate surface area is 161 Å². The van der Waals surface area contributed by atoms with Gasteiger partial charge >= 0.3 is 0 Å². The number of amides is 1. The summed E-state index contributed by atoms with van der Waals surface area (Å²) in [6.45, 7) is 1.26. The van der Waals surface area contributed by atoms with Gasteiger partial charge in [0.05, 0.1) is 5.92 Å². The summed E-state index contributed by atoms with van der Waals surface area (Å²) in [5, 5.41) is 3.25. The highest BCUT2D eigenvalue weighted by atomic mass is 32.2. The monoisotopic (exact) mass is 389 g/mol. The topological polar surface area (TPSA) is 78.8 Å². The first-order chi connectivity index (χ1) is 13.0. The summed E-state index contributed by atoms with van der Waals surface area (Å²) < 4.78 is 28.7. The summed E-state index contributed by atoms with van der Waals surface area (Å²) in [6, 6.07) is 7.24. The molecule has 0 radical (unpaired) electrons. The standard InChI is InChI=1S/C20H27N3O3S/c24-20(21-16-9-3-1-2-4-10-16)15-8-7-13-23(14-15)19-17-11-5-6-12-18(17)27(25,26)22-19/h5-6,11-12,15-16H,1-4,7-10,13-14H2,(H,21,24)/t15-/m1/s1. The van der Waals surface area contributed by atoms with E-state index in [1.54, 1.807) is 18.2 Å². The van der Waals surface area contributed by atoms with Crippen LogP contribution in [0.15, 0.2) is 33.6 Å². The Morgan fingerprint density at radius 1 is 1.04 bits per heavy atom. The zero-order valence-corrected chi connectivity index (χ0v) is 16.4. The van der Waals surface area contributed by atoms with Crippen molar-refractivity contribution in [3.05, 3.63) is 29.8 Å². The van der Waals surface area contributed by atoms with E-state index in [0.29, 0.717) is 24.0 Å². The molecule has 3 aliphatic rings. The maximum Gasteiger partial charge on any atom is 0.285 e. The summed E-state index contributed by atoms with van der Waals surface area (Å²) in [7, 11) is -3.62. The van der Waals surface area contributed by atoms with E-state index in [4.69, 9.17) is 0 Å². The first kappa shape index (κ1) is 18.5. The number of nitrogens with zero attached hydrogens (tertiary/aromatic N) is 2. The number of carbonyl (C=O) groups is 1. The minimum absolute atomic E-state index is 0.111. The lowest BCUT2D eigenvalue weighted by molar-refractivity contribution is -0.127. The number of hydrogen-bond donors (Lipinski definition) is 1. The molecule has 2 heterocycles. The van der Waals surface area contributed by atoms with Gasteiger partial charge in [-0.3, -0.25) is 4.79 Å². The molecule has 0 unspecified atom stereocenters. The Balaban J connectivity index is 1.46. The van der Waals surface area contributed by atoms with Gasteiger partial charge in [0.2, 0.25) is 5.91 Å². The largest absolute Gasteiger partial charge is 0.355 e. The molecule has 0 spiro atoms. The van der Waals surface area contributed by atoms with Gasteiger partial charge in [-0.2, -0.15) is 8.42 Å². The number of fused-ring (bicyclic) bond motifs is 1. The highest BCUT2D eigenvalue weighted by Gasteiger charge is 2.35. The highest BCUT2D eigenvalue weighted by Crippen LogP contribution is 2.30.